The lowest BCUT2D eigenvalue weighted by Gasteiger charge is -2.35. The number of benzene rings is 1. The van der Waals surface area contributed by atoms with E-state index in [2.05, 4.69) is 9.89 Å². The average Bonchev–Trinajstić information content (AvgIpc) is 2.46. The fourth-order valence-electron chi connectivity index (χ4n) is 2.66. The summed E-state index contributed by atoms with van der Waals surface area (Å²) in [6, 6.07) is 7.87. The molecule has 0 aliphatic carbocycles. The summed E-state index contributed by atoms with van der Waals surface area (Å²) in [5, 5.41) is 14.5. The van der Waals surface area contributed by atoms with E-state index in [4.69, 9.17) is 4.74 Å². The third kappa shape index (κ3) is 2.55. The Hall–Kier alpha value is -1.27. The topological polar surface area (TPSA) is 52.3 Å². The summed E-state index contributed by atoms with van der Waals surface area (Å²) in [4.78, 5) is 6.88. The van der Waals surface area contributed by atoms with E-state index in [0.29, 0.717) is 6.54 Å². The number of nitrogens with one attached hydrogen (secondary N) is 1. The number of hydroxylamine groups is 2. The van der Waals surface area contributed by atoms with Crippen molar-refractivity contribution in [2.75, 3.05) is 32.8 Å². The highest BCUT2D eigenvalue weighted by Crippen LogP contribution is 1.99. The zero-order valence-corrected chi connectivity index (χ0v) is 11.1. The van der Waals surface area contributed by atoms with Crippen molar-refractivity contribution in [3.63, 3.8) is 0 Å². The smallest absolute Gasteiger partial charge is 0.198 e. The largest absolute Gasteiger partial charge is 0.627 e. The highest BCUT2D eigenvalue weighted by molar-refractivity contribution is 5.32. The van der Waals surface area contributed by atoms with E-state index in [0.717, 1.165) is 42.6 Å². The molecule has 5 heteroatoms. The van der Waals surface area contributed by atoms with Crippen LogP contribution in [0.25, 0.3) is 5.70 Å². The second-order valence-corrected chi connectivity index (χ2v) is 5.06. The maximum absolute atomic E-state index is 12.4. The van der Waals surface area contributed by atoms with Gasteiger partial charge in [-0.15, -0.1) is 0 Å². The molecule has 1 aromatic rings. The Morgan fingerprint density at radius 1 is 1.37 bits per heavy atom. The third-order valence-corrected chi connectivity index (χ3v) is 3.81. The van der Waals surface area contributed by atoms with Crippen LogP contribution >= 0.6 is 0 Å². The number of para-hydroxylation sites is 1. The van der Waals surface area contributed by atoms with Crippen LogP contribution in [0.1, 0.15) is 6.92 Å². The molecule has 2 atom stereocenters. The zero-order chi connectivity index (χ0) is 13.2. The lowest BCUT2D eigenvalue weighted by molar-refractivity contribution is -0.802. The van der Waals surface area contributed by atoms with Crippen LogP contribution < -0.4 is 15.6 Å². The predicted molar refractivity (Wildman–Crippen MR) is 71.7 cm³/mol. The number of ether oxygens (including phenoxy) is 1. The van der Waals surface area contributed by atoms with Gasteiger partial charge in [0.05, 0.1) is 30.3 Å². The summed E-state index contributed by atoms with van der Waals surface area (Å²) < 4.78 is 5.33. The van der Waals surface area contributed by atoms with Gasteiger partial charge in [-0.3, -0.25) is 4.90 Å². The van der Waals surface area contributed by atoms with E-state index < -0.39 is 0 Å². The molecule has 3 rings (SSSR count). The lowest BCUT2D eigenvalue weighted by atomic mass is 10.2. The first-order chi connectivity index (χ1) is 9.25. The summed E-state index contributed by atoms with van der Waals surface area (Å²) in [5.74, 6) is 0. The Balaban J connectivity index is 1.86. The van der Waals surface area contributed by atoms with Crippen molar-refractivity contribution in [1.82, 2.24) is 4.90 Å². The van der Waals surface area contributed by atoms with Gasteiger partial charge in [0.2, 0.25) is 0 Å². The van der Waals surface area contributed by atoms with E-state index in [1.807, 2.05) is 31.2 Å². The van der Waals surface area contributed by atoms with Crippen molar-refractivity contribution < 1.29 is 9.80 Å². The van der Waals surface area contributed by atoms with Crippen molar-refractivity contribution in [1.29, 1.82) is 0 Å². The summed E-state index contributed by atoms with van der Waals surface area (Å²) in [5.41, 5.74) is 0.837. The molecular weight excluding hydrogens is 242 g/mol. The average molecular weight is 261 g/mol. The van der Waals surface area contributed by atoms with Crippen LogP contribution in [0.5, 0.6) is 0 Å². The number of fused-ring (bicyclic) bond motifs is 1. The molecule has 2 aliphatic heterocycles. The first-order valence-corrected chi connectivity index (χ1v) is 6.74. The molecule has 2 heterocycles. The fraction of sp³-hybridized carbons (Fsp3) is 0.500. The van der Waals surface area contributed by atoms with Crippen LogP contribution in [0.3, 0.4) is 0 Å². The fourth-order valence-corrected chi connectivity index (χ4v) is 2.66. The Labute approximate surface area is 112 Å². The van der Waals surface area contributed by atoms with Crippen LogP contribution in [0, 0.1) is 5.21 Å². The van der Waals surface area contributed by atoms with Crippen LogP contribution in [0.2, 0.25) is 0 Å². The monoisotopic (exact) mass is 261 g/mol. The molecule has 0 saturated carbocycles. The second kappa shape index (κ2) is 5.38. The molecular formula is C14H19N3O2. The molecule has 0 spiro atoms. The Bertz CT molecular complexity index is 566. The van der Waals surface area contributed by atoms with Gasteiger partial charge in [-0.25, -0.2) is 4.99 Å². The van der Waals surface area contributed by atoms with Crippen molar-refractivity contribution in [3.05, 3.63) is 40.0 Å². The van der Waals surface area contributed by atoms with Gasteiger partial charge in [-0.05, 0) is 12.1 Å². The van der Waals surface area contributed by atoms with Crippen LogP contribution in [-0.4, -0.2) is 43.9 Å². The Kier molecular flexibility index (Phi) is 3.61. The minimum absolute atomic E-state index is 0.158. The SMILES string of the molecule is CC1=c2ccccc2=NC(CN2CCOCC2)[NH+]1[O-]. The predicted octanol–water partition coefficient (Wildman–Crippen LogP) is -1.51. The van der Waals surface area contributed by atoms with E-state index in [1.165, 1.54) is 0 Å². The Morgan fingerprint density at radius 2 is 2.11 bits per heavy atom. The van der Waals surface area contributed by atoms with E-state index >= 15 is 0 Å². The molecule has 102 valence electrons. The summed E-state index contributed by atoms with van der Waals surface area (Å²) in [6.07, 6.45) is -0.256. The molecule has 2 aliphatic rings. The maximum Gasteiger partial charge on any atom is 0.198 e. The van der Waals surface area contributed by atoms with E-state index in [1.54, 1.807) is 0 Å². The molecule has 1 aromatic carbocycles. The molecule has 0 bridgehead atoms. The molecule has 0 aromatic heterocycles. The standard InChI is InChI=1S/C14H19N3O2/c1-11-12-4-2-3-5-13(12)15-14(17(11)18)10-16-6-8-19-9-7-16/h2-5,14,17H,6-10H2,1H3. The molecule has 0 radical (unpaired) electrons. The van der Waals surface area contributed by atoms with Crippen molar-refractivity contribution in [2.24, 2.45) is 4.99 Å². The summed E-state index contributed by atoms with van der Waals surface area (Å²) in [7, 11) is 0. The number of quaternary nitrogens is 1. The first-order valence-electron chi connectivity index (χ1n) is 6.74. The molecule has 2 unspecified atom stereocenters. The van der Waals surface area contributed by atoms with Gasteiger partial charge in [0.1, 0.15) is 5.70 Å². The molecule has 5 nitrogen and oxygen atoms in total. The van der Waals surface area contributed by atoms with E-state index in [9.17, 15) is 5.21 Å². The number of rotatable bonds is 2. The lowest BCUT2D eigenvalue weighted by Crippen LogP contribution is -3.11. The Morgan fingerprint density at radius 3 is 2.89 bits per heavy atom. The van der Waals surface area contributed by atoms with Gasteiger partial charge in [-0.2, -0.15) is 0 Å². The van der Waals surface area contributed by atoms with Crippen LogP contribution in [-0.2, 0) is 4.74 Å². The second-order valence-electron chi connectivity index (χ2n) is 5.06. The number of nitrogens with zero attached hydrogens (tertiary/aromatic N) is 2. The van der Waals surface area contributed by atoms with E-state index in [-0.39, 0.29) is 11.2 Å². The zero-order valence-electron chi connectivity index (χ0n) is 11.1. The van der Waals surface area contributed by atoms with Crippen molar-refractivity contribution in [3.8, 4) is 0 Å². The third-order valence-electron chi connectivity index (χ3n) is 3.81. The van der Waals surface area contributed by atoms with Gasteiger partial charge >= 0.3 is 0 Å². The normalized spacial score (nSPS) is 27.8. The molecule has 1 saturated heterocycles. The summed E-state index contributed by atoms with van der Waals surface area (Å²) in [6.45, 7) is 5.89. The molecule has 0 amide bonds. The van der Waals surface area contributed by atoms with Gasteiger partial charge in [0, 0.05) is 20.0 Å². The van der Waals surface area contributed by atoms with Crippen LogP contribution in [0.4, 0.5) is 0 Å². The number of hydrogen-bond acceptors (Lipinski definition) is 4. The van der Waals surface area contributed by atoms with Crippen molar-refractivity contribution >= 4 is 5.70 Å². The minimum Gasteiger partial charge on any atom is -0.627 e. The highest BCUT2D eigenvalue weighted by atomic mass is 16.5. The van der Waals surface area contributed by atoms with Gasteiger partial charge in [0.25, 0.3) is 0 Å². The van der Waals surface area contributed by atoms with Gasteiger partial charge in [0.15, 0.2) is 6.17 Å². The summed E-state index contributed by atoms with van der Waals surface area (Å²) >= 11 is 0. The first kappa shape index (κ1) is 12.7. The molecule has 19 heavy (non-hydrogen) atoms. The van der Waals surface area contributed by atoms with Crippen LogP contribution in [0.15, 0.2) is 29.3 Å². The van der Waals surface area contributed by atoms with Gasteiger partial charge in [-0.1, -0.05) is 12.1 Å². The number of morpholine rings is 1. The maximum atomic E-state index is 12.4. The molecule has 1 fully saturated rings. The highest BCUT2D eigenvalue weighted by Gasteiger charge is 2.24. The minimum atomic E-state index is -0.256. The van der Waals surface area contributed by atoms with Crippen molar-refractivity contribution in [2.45, 2.75) is 13.1 Å². The number of hydrogen-bond donors (Lipinski definition) is 1. The molecule has 1 N–H and O–H groups in total. The van der Waals surface area contributed by atoms with Gasteiger partial charge < -0.3 is 15.0 Å². The quantitative estimate of drug-likeness (QED) is 0.659.